The molecule has 0 bridgehead atoms. The Morgan fingerprint density at radius 1 is 1.32 bits per heavy atom. The maximum Gasteiger partial charge on any atom is 0.509 e. The van der Waals surface area contributed by atoms with Crippen molar-refractivity contribution >= 4 is 36.8 Å². The summed E-state index contributed by atoms with van der Waals surface area (Å²) in [5, 5.41) is 11.0. The van der Waals surface area contributed by atoms with Crippen LogP contribution in [0.4, 0.5) is 16.4 Å². The molecule has 1 aromatic carbocycles. The molecule has 3 heterocycles. The second kappa shape index (κ2) is 11.2. The number of phosphoric ester groups is 1. The van der Waals surface area contributed by atoms with Crippen LogP contribution in [0.25, 0.3) is 11.2 Å². The Kier molecular flexibility index (Phi) is 8.17. The minimum Gasteiger partial charge on any atom is -0.425 e. The number of aromatic nitrogens is 4. The first-order valence-corrected chi connectivity index (χ1v) is 13.4. The van der Waals surface area contributed by atoms with Crippen LogP contribution in [0.15, 0.2) is 35.4 Å². The van der Waals surface area contributed by atoms with Gasteiger partial charge in [-0.1, -0.05) is 4.98 Å². The molecule has 1 saturated heterocycles. The number of benzene rings is 1. The van der Waals surface area contributed by atoms with E-state index in [4.69, 9.17) is 24.7 Å². The van der Waals surface area contributed by atoms with Crippen molar-refractivity contribution in [3.05, 3.63) is 56.6 Å². The Bertz CT molecular complexity index is 1570. The van der Waals surface area contributed by atoms with E-state index < -0.39 is 61.2 Å². The van der Waals surface area contributed by atoms with Crippen molar-refractivity contribution in [1.29, 1.82) is 0 Å². The molecule has 0 spiro atoms. The number of ether oxygens (including phenoxy) is 4. The zero-order valence-corrected chi connectivity index (χ0v) is 23.1. The van der Waals surface area contributed by atoms with Gasteiger partial charge in [-0.2, -0.15) is 0 Å². The highest BCUT2D eigenvalue weighted by molar-refractivity contribution is 7.46. The van der Waals surface area contributed by atoms with Crippen LogP contribution in [-0.4, -0.2) is 67.4 Å². The first-order chi connectivity index (χ1) is 19.1. The summed E-state index contributed by atoms with van der Waals surface area (Å²) in [7, 11) is -2.10. The topological polar surface area (TPSA) is 244 Å². The quantitative estimate of drug-likeness (QED) is 0.0861. The summed E-state index contributed by atoms with van der Waals surface area (Å²) in [6.45, 7) is 2.35. The van der Waals surface area contributed by atoms with Crippen molar-refractivity contribution in [2.45, 2.75) is 44.0 Å². The second-order valence-corrected chi connectivity index (χ2v) is 10.8. The van der Waals surface area contributed by atoms with Crippen LogP contribution in [-0.2, 0) is 40.7 Å². The number of nitrogens with zero attached hydrogens (tertiary/aromatic N) is 4. The van der Waals surface area contributed by atoms with Crippen molar-refractivity contribution < 1.29 is 52.1 Å². The molecule has 4 atom stereocenters. The van der Waals surface area contributed by atoms with E-state index in [1.807, 2.05) is 0 Å². The fourth-order valence-electron chi connectivity index (χ4n) is 4.47. The fraction of sp³-hybridized carbons (Fsp3) is 0.455. The summed E-state index contributed by atoms with van der Waals surface area (Å²) in [5.41, 5.74) is 4.38. The van der Waals surface area contributed by atoms with Crippen LogP contribution in [0.2, 0.25) is 0 Å². The molecule has 0 aliphatic carbocycles. The highest BCUT2D eigenvalue weighted by atomic mass is 31.2. The molecule has 5 N–H and O–H groups in total. The van der Waals surface area contributed by atoms with E-state index in [-0.39, 0.29) is 22.8 Å². The number of carbonyl (C=O) groups excluding carboxylic acids is 1. The first-order valence-electron chi connectivity index (χ1n) is 11.9. The third-order valence-corrected chi connectivity index (χ3v) is 6.86. The first kappa shape index (κ1) is 30.0. The van der Waals surface area contributed by atoms with Crippen molar-refractivity contribution in [2.24, 2.45) is 7.05 Å². The Labute approximate surface area is 230 Å². The SMILES string of the molecule is COC1[C@@H](OC(=O)OC(C)(C)c2ccc([N+](=O)[O-])cc2)[C@@H](COP(=O)(O)O)O[C@H]1[n+]1cn(C)c2c(=O)[nH]c(N)nc21. The highest BCUT2D eigenvalue weighted by Gasteiger charge is 2.52. The Balaban J connectivity index is 1.63. The highest BCUT2D eigenvalue weighted by Crippen LogP contribution is 2.39. The third kappa shape index (κ3) is 6.37. The molecule has 4 rings (SSSR count). The summed E-state index contributed by atoms with van der Waals surface area (Å²) >= 11 is 0. The Morgan fingerprint density at radius 3 is 2.56 bits per heavy atom. The molecule has 0 saturated carbocycles. The van der Waals surface area contributed by atoms with E-state index in [0.717, 1.165) is 0 Å². The number of phosphoric acid groups is 1. The molecule has 19 heteroatoms. The van der Waals surface area contributed by atoms with E-state index in [1.54, 1.807) is 7.05 Å². The molecular formula is C22H28N6O12P+. The number of carbonyl (C=O) groups is 1. The van der Waals surface area contributed by atoms with Gasteiger partial charge >= 0.3 is 19.6 Å². The molecule has 18 nitrogen and oxygen atoms in total. The van der Waals surface area contributed by atoms with Gasteiger partial charge in [0.05, 0.1) is 18.6 Å². The number of methoxy groups -OCH3 is 1. The number of non-ortho nitro benzene ring substituents is 1. The molecule has 1 unspecified atom stereocenters. The zero-order valence-electron chi connectivity index (χ0n) is 22.2. The van der Waals surface area contributed by atoms with Gasteiger partial charge in [-0.05, 0) is 31.5 Å². The Morgan fingerprint density at radius 2 is 1.98 bits per heavy atom. The summed E-state index contributed by atoms with van der Waals surface area (Å²) in [4.78, 5) is 60.9. The van der Waals surface area contributed by atoms with Gasteiger partial charge in [-0.15, -0.1) is 0 Å². The van der Waals surface area contributed by atoms with Crippen molar-refractivity contribution in [1.82, 2.24) is 14.5 Å². The number of aryl methyl sites for hydroxylation is 1. The molecule has 41 heavy (non-hydrogen) atoms. The average Bonchev–Trinajstić information content (AvgIpc) is 3.38. The summed E-state index contributed by atoms with van der Waals surface area (Å²) in [5.74, 6) is -0.180. The maximum absolute atomic E-state index is 13.0. The van der Waals surface area contributed by atoms with Crippen molar-refractivity contribution in [3.8, 4) is 0 Å². The second-order valence-electron chi connectivity index (χ2n) is 9.56. The van der Waals surface area contributed by atoms with E-state index in [9.17, 15) is 34.1 Å². The molecule has 1 aliphatic rings. The van der Waals surface area contributed by atoms with Crippen LogP contribution in [0.3, 0.4) is 0 Å². The predicted molar refractivity (Wildman–Crippen MR) is 136 cm³/mol. The molecular weight excluding hydrogens is 571 g/mol. The van der Waals surface area contributed by atoms with Crippen molar-refractivity contribution in [2.75, 3.05) is 19.5 Å². The number of nitrogen functional groups attached to an aromatic ring is 1. The number of nitrogens with one attached hydrogen (secondary N) is 1. The summed E-state index contributed by atoms with van der Waals surface area (Å²) < 4.78 is 41.5. The smallest absolute Gasteiger partial charge is 0.425 e. The summed E-state index contributed by atoms with van der Waals surface area (Å²) in [6, 6.07) is 5.36. The number of hydrogen-bond donors (Lipinski definition) is 4. The normalized spacial score (nSPS) is 21.2. The number of aromatic amines is 1. The molecule has 0 amide bonds. The lowest BCUT2D eigenvalue weighted by atomic mass is 9.98. The maximum atomic E-state index is 13.0. The van der Waals surface area contributed by atoms with Crippen LogP contribution in [0, 0.1) is 10.1 Å². The van der Waals surface area contributed by atoms with Crippen molar-refractivity contribution in [3.63, 3.8) is 0 Å². The van der Waals surface area contributed by atoms with Gasteiger partial charge in [0.1, 0.15) is 11.7 Å². The fourth-order valence-corrected chi connectivity index (χ4v) is 4.81. The average molecular weight is 599 g/mol. The summed E-state index contributed by atoms with van der Waals surface area (Å²) in [6.07, 6.45) is -4.61. The standard InChI is InChI=1S/C22H27N6O12P/c1-22(2,11-5-7-12(8-6-11)28(31)32)40-21(30)39-15-13(9-37-41(33,34)35)38-19(16(15)36-4)27-10-26(3)14-17(27)24-20(23)25-18(14)29/h5-8,10,13,15-16,19H,9H2,1-4H3,(H4-,23,24,25,29,33,34,35)/p+1/t13-,15+,16?,19-/m1/s1. The van der Waals surface area contributed by atoms with Gasteiger partial charge in [0.25, 0.3) is 17.2 Å². The largest absolute Gasteiger partial charge is 0.509 e. The van der Waals surface area contributed by atoms with Gasteiger partial charge in [0.15, 0.2) is 18.5 Å². The third-order valence-electron chi connectivity index (χ3n) is 6.37. The molecule has 0 radical (unpaired) electrons. The number of nitrogens with two attached hydrogens (primary N) is 1. The van der Waals surface area contributed by atoms with E-state index in [0.29, 0.717) is 5.56 Å². The monoisotopic (exact) mass is 599 g/mol. The number of rotatable bonds is 9. The van der Waals surface area contributed by atoms with Gasteiger partial charge in [-0.25, -0.2) is 13.9 Å². The van der Waals surface area contributed by atoms with E-state index in [2.05, 4.69) is 14.5 Å². The van der Waals surface area contributed by atoms with Crippen LogP contribution in [0.1, 0.15) is 25.6 Å². The van der Waals surface area contributed by atoms with Gasteiger partial charge in [0, 0.05) is 19.2 Å². The van der Waals surface area contributed by atoms with E-state index >= 15 is 0 Å². The molecule has 2 aromatic heterocycles. The number of imidazole rings is 1. The number of fused-ring (bicyclic) bond motifs is 1. The number of nitro groups is 1. The van der Waals surface area contributed by atoms with Gasteiger partial charge < -0.3 is 34.5 Å². The minimum atomic E-state index is -4.96. The Hall–Kier alpha value is -3.93. The van der Waals surface area contributed by atoms with Crippen LogP contribution < -0.4 is 15.9 Å². The number of anilines is 1. The molecule has 3 aromatic rings. The molecule has 222 valence electrons. The van der Waals surface area contributed by atoms with Gasteiger partial charge in [0.2, 0.25) is 11.7 Å². The minimum absolute atomic E-state index is 0.0954. The number of nitro benzene ring substituents is 1. The molecule has 1 aliphatic heterocycles. The van der Waals surface area contributed by atoms with Gasteiger partial charge in [-0.3, -0.25) is 29.0 Å². The van der Waals surface area contributed by atoms with E-state index in [1.165, 1.54) is 60.7 Å². The van der Waals surface area contributed by atoms with Crippen LogP contribution >= 0.6 is 7.82 Å². The van der Waals surface area contributed by atoms with Crippen LogP contribution in [0.5, 0.6) is 0 Å². The molecule has 1 fully saturated rings. The predicted octanol–water partition coefficient (Wildman–Crippen LogP) is 0.518. The lowest BCUT2D eigenvalue weighted by molar-refractivity contribution is -0.746. The lowest BCUT2D eigenvalue weighted by Gasteiger charge is -2.28. The number of H-pyrrole nitrogens is 1. The number of hydrogen-bond acceptors (Lipinski definition) is 12. The lowest BCUT2D eigenvalue weighted by Crippen LogP contribution is -2.48. The zero-order chi connectivity index (χ0) is 30.3.